The van der Waals surface area contributed by atoms with Crippen molar-refractivity contribution in [2.24, 2.45) is 0 Å². The Morgan fingerprint density at radius 2 is 1.91 bits per heavy atom. The molecule has 1 atom stereocenters. The van der Waals surface area contributed by atoms with Crippen LogP contribution >= 0.6 is 0 Å². The molecular weight excluding hydrogens is 414 g/mol. The summed E-state index contributed by atoms with van der Waals surface area (Å²) in [6, 6.07) is 3.33. The van der Waals surface area contributed by atoms with Gasteiger partial charge in [0.05, 0.1) is 6.20 Å². The van der Waals surface area contributed by atoms with Gasteiger partial charge in [-0.2, -0.15) is 4.98 Å². The zero-order valence-corrected chi connectivity index (χ0v) is 17.4. The van der Waals surface area contributed by atoms with E-state index >= 15 is 0 Å². The van der Waals surface area contributed by atoms with Crippen LogP contribution in [0.5, 0.6) is 0 Å². The molecule has 2 aliphatic rings. The molecule has 0 bridgehead atoms. The highest BCUT2D eigenvalue weighted by molar-refractivity contribution is 5.65. The van der Waals surface area contributed by atoms with E-state index in [1.807, 2.05) is 4.57 Å². The predicted molar refractivity (Wildman–Crippen MR) is 113 cm³/mol. The summed E-state index contributed by atoms with van der Waals surface area (Å²) in [5.41, 5.74) is 0.866. The molecule has 2 aliphatic heterocycles. The third kappa shape index (κ3) is 2.61. The zero-order chi connectivity index (χ0) is 21.9. The second-order valence-corrected chi connectivity index (χ2v) is 8.18. The molecule has 3 aromatic heterocycles. The number of aromatic nitrogens is 7. The minimum absolute atomic E-state index is 0.267. The van der Waals surface area contributed by atoms with Crippen molar-refractivity contribution in [2.45, 2.75) is 38.1 Å². The van der Waals surface area contributed by atoms with Crippen molar-refractivity contribution in [3.63, 3.8) is 0 Å². The van der Waals surface area contributed by atoms with E-state index in [2.05, 4.69) is 32.0 Å². The molecule has 0 amide bonds. The first-order valence-corrected chi connectivity index (χ1v) is 10.7. The molecule has 8 nitrogen and oxygen atoms in total. The van der Waals surface area contributed by atoms with Crippen molar-refractivity contribution in [3.05, 3.63) is 60.6 Å². The third-order valence-corrected chi connectivity index (χ3v) is 6.52. The lowest BCUT2D eigenvalue weighted by Crippen LogP contribution is -2.53. The average molecular weight is 434 g/mol. The fourth-order valence-corrected chi connectivity index (χ4v) is 5.04. The molecule has 6 rings (SSSR count). The van der Waals surface area contributed by atoms with E-state index in [0.29, 0.717) is 17.3 Å². The van der Waals surface area contributed by atoms with Crippen molar-refractivity contribution >= 4 is 5.82 Å². The molecule has 0 aliphatic carbocycles. The number of halogens is 2. The lowest BCUT2D eigenvalue weighted by atomic mass is 9.82. The summed E-state index contributed by atoms with van der Waals surface area (Å²) in [4.78, 5) is 16.1. The standard InChI is InChI=1S/C22H20F2N8/c1-2-22-5-3-4-7-32(22)19-17(31-13-27-29-20(22)31)12-26-21(28-19)30-8-6-25-18(30)14-9-15(23)11-16(24)10-14/h6,8-13H,2-5,7H2,1H3/t22-/m1/s1. The van der Waals surface area contributed by atoms with Gasteiger partial charge >= 0.3 is 0 Å². The first kappa shape index (κ1) is 19.0. The van der Waals surface area contributed by atoms with Gasteiger partial charge in [-0.05, 0) is 37.8 Å². The van der Waals surface area contributed by atoms with E-state index in [1.54, 1.807) is 29.5 Å². The van der Waals surface area contributed by atoms with E-state index in [0.717, 1.165) is 55.6 Å². The van der Waals surface area contributed by atoms with Crippen molar-refractivity contribution < 1.29 is 8.78 Å². The smallest absolute Gasteiger partial charge is 0.237 e. The maximum absolute atomic E-state index is 13.8. The minimum atomic E-state index is -0.665. The summed E-state index contributed by atoms with van der Waals surface area (Å²) in [6.07, 6.45) is 10.7. The molecule has 1 aromatic carbocycles. The lowest BCUT2D eigenvalue weighted by molar-refractivity contribution is 0.274. The maximum Gasteiger partial charge on any atom is 0.237 e. The van der Waals surface area contributed by atoms with Crippen molar-refractivity contribution in [1.82, 2.24) is 34.3 Å². The average Bonchev–Trinajstić information content (AvgIpc) is 3.48. The number of benzene rings is 1. The Bertz CT molecular complexity index is 1310. The lowest BCUT2D eigenvalue weighted by Gasteiger charge is -2.49. The molecule has 1 fully saturated rings. The Hall–Kier alpha value is -3.69. The van der Waals surface area contributed by atoms with Gasteiger partial charge in [0.2, 0.25) is 5.95 Å². The van der Waals surface area contributed by atoms with Gasteiger partial charge in [0.15, 0.2) is 11.6 Å². The van der Waals surface area contributed by atoms with Crippen LogP contribution in [-0.2, 0) is 5.54 Å². The first-order valence-electron chi connectivity index (χ1n) is 10.7. The molecule has 0 radical (unpaired) electrons. The quantitative estimate of drug-likeness (QED) is 0.488. The largest absolute Gasteiger partial charge is 0.342 e. The van der Waals surface area contributed by atoms with Crippen LogP contribution in [0.4, 0.5) is 14.6 Å². The van der Waals surface area contributed by atoms with Gasteiger partial charge in [-0.15, -0.1) is 10.2 Å². The monoisotopic (exact) mass is 434 g/mol. The van der Waals surface area contributed by atoms with Crippen LogP contribution in [0, 0.1) is 11.6 Å². The highest BCUT2D eigenvalue weighted by Crippen LogP contribution is 2.47. The van der Waals surface area contributed by atoms with Crippen LogP contribution < -0.4 is 4.90 Å². The van der Waals surface area contributed by atoms with Crippen LogP contribution in [0.15, 0.2) is 43.1 Å². The Morgan fingerprint density at radius 3 is 2.72 bits per heavy atom. The van der Waals surface area contributed by atoms with Crippen molar-refractivity contribution in [2.75, 3.05) is 11.4 Å². The van der Waals surface area contributed by atoms with Crippen LogP contribution in [0.3, 0.4) is 0 Å². The SMILES string of the molecule is CC[C@]12CCCCN1c1nc(-n3ccnc3-c3cc(F)cc(F)c3)ncc1-n1cnnc12. The summed E-state index contributed by atoms with van der Waals surface area (Å²) < 4.78 is 31.3. The van der Waals surface area contributed by atoms with Crippen LogP contribution in [-0.4, -0.2) is 40.8 Å². The molecule has 0 saturated carbocycles. The zero-order valence-electron chi connectivity index (χ0n) is 17.4. The van der Waals surface area contributed by atoms with Gasteiger partial charge in [-0.1, -0.05) is 6.92 Å². The summed E-state index contributed by atoms with van der Waals surface area (Å²) >= 11 is 0. The van der Waals surface area contributed by atoms with Crippen molar-refractivity contribution in [1.29, 1.82) is 0 Å². The van der Waals surface area contributed by atoms with E-state index in [1.165, 1.54) is 12.1 Å². The molecule has 0 unspecified atom stereocenters. The normalized spacial score (nSPS) is 19.4. The summed E-state index contributed by atoms with van der Waals surface area (Å²) in [6.45, 7) is 3.02. The fourth-order valence-electron chi connectivity index (χ4n) is 5.04. The molecule has 162 valence electrons. The van der Waals surface area contributed by atoms with Gasteiger partial charge in [0, 0.05) is 30.6 Å². The molecule has 10 heteroatoms. The molecule has 0 N–H and O–H groups in total. The van der Waals surface area contributed by atoms with Crippen LogP contribution in [0.2, 0.25) is 0 Å². The molecule has 4 aromatic rings. The van der Waals surface area contributed by atoms with Crippen LogP contribution in [0.25, 0.3) is 23.0 Å². The summed E-state index contributed by atoms with van der Waals surface area (Å²) in [5.74, 6) is 1.14. The number of piperidine rings is 1. The Kier molecular flexibility index (Phi) is 4.11. The molecule has 0 spiro atoms. The van der Waals surface area contributed by atoms with Gasteiger partial charge in [-0.3, -0.25) is 9.13 Å². The topological polar surface area (TPSA) is 77.5 Å². The number of nitrogens with zero attached hydrogens (tertiary/aromatic N) is 8. The molecule has 5 heterocycles. The summed E-state index contributed by atoms with van der Waals surface area (Å²) in [7, 11) is 0. The van der Waals surface area contributed by atoms with E-state index in [9.17, 15) is 8.78 Å². The molecular formula is C22H20F2N8. The van der Waals surface area contributed by atoms with E-state index in [4.69, 9.17) is 4.98 Å². The number of rotatable bonds is 3. The second-order valence-electron chi connectivity index (χ2n) is 8.18. The van der Waals surface area contributed by atoms with Crippen LogP contribution in [0.1, 0.15) is 38.4 Å². The predicted octanol–water partition coefficient (Wildman–Crippen LogP) is 3.80. The van der Waals surface area contributed by atoms with E-state index < -0.39 is 11.6 Å². The Morgan fingerprint density at radius 1 is 1.06 bits per heavy atom. The summed E-state index contributed by atoms with van der Waals surface area (Å²) in [5, 5.41) is 8.63. The molecule has 32 heavy (non-hydrogen) atoms. The number of anilines is 1. The number of hydrogen-bond acceptors (Lipinski definition) is 6. The Labute approximate surface area is 182 Å². The van der Waals surface area contributed by atoms with Gasteiger partial charge in [-0.25, -0.2) is 18.7 Å². The highest BCUT2D eigenvalue weighted by atomic mass is 19.1. The third-order valence-electron chi connectivity index (χ3n) is 6.52. The van der Waals surface area contributed by atoms with E-state index in [-0.39, 0.29) is 5.54 Å². The number of hydrogen-bond donors (Lipinski definition) is 0. The van der Waals surface area contributed by atoms with Gasteiger partial charge in [0.25, 0.3) is 0 Å². The van der Waals surface area contributed by atoms with Gasteiger partial charge in [0.1, 0.15) is 35.0 Å². The number of fused-ring (bicyclic) bond motifs is 6. The fraction of sp³-hybridized carbons (Fsp3) is 0.318. The highest BCUT2D eigenvalue weighted by Gasteiger charge is 2.47. The second kappa shape index (κ2) is 6.91. The molecule has 1 saturated heterocycles. The Balaban J connectivity index is 1.52. The maximum atomic E-state index is 13.8. The van der Waals surface area contributed by atoms with Gasteiger partial charge < -0.3 is 4.90 Å². The van der Waals surface area contributed by atoms with Crippen molar-refractivity contribution in [3.8, 4) is 23.0 Å². The first-order chi connectivity index (χ1) is 15.6. The number of imidazole rings is 1. The minimum Gasteiger partial charge on any atom is -0.342 e.